The zero-order chi connectivity index (χ0) is 14.0. The van der Waals surface area contributed by atoms with E-state index in [-0.39, 0.29) is 15.8 Å². The van der Waals surface area contributed by atoms with Crippen LogP contribution in [0.25, 0.3) is 0 Å². The molecule has 2 aromatic rings. The Labute approximate surface area is 114 Å². The van der Waals surface area contributed by atoms with E-state index in [2.05, 4.69) is 15.3 Å². The highest BCUT2D eigenvalue weighted by Gasteiger charge is 2.32. The Morgan fingerprint density at radius 3 is 2.53 bits per heavy atom. The van der Waals surface area contributed by atoms with Gasteiger partial charge in [0.15, 0.2) is 10.8 Å². The highest BCUT2D eigenvalue weighted by molar-refractivity contribution is 7.16. The van der Waals surface area contributed by atoms with Crippen molar-refractivity contribution in [2.75, 3.05) is 5.32 Å². The summed E-state index contributed by atoms with van der Waals surface area (Å²) in [7, 11) is 0. The molecule has 9 heteroatoms. The maximum Gasteiger partial charge on any atom is 0.425 e. The number of amides is 1. The highest BCUT2D eigenvalue weighted by Crippen LogP contribution is 2.36. The van der Waals surface area contributed by atoms with Crippen LogP contribution in [0.4, 0.5) is 18.2 Å². The van der Waals surface area contributed by atoms with Crippen molar-refractivity contribution < 1.29 is 18.0 Å². The van der Waals surface area contributed by atoms with E-state index in [9.17, 15) is 18.0 Å². The van der Waals surface area contributed by atoms with Gasteiger partial charge in [0.1, 0.15) is 4.88 Å². The minimum atomic E-state index is -4.43. The second kappa shape index (κ2) is 5.14. The van der Waals surface area contributed by atoms with Gasteiger partial charge in [-0.25, -0.2) is 9.97 Å². The first kappa shape index (κ1) is 13.8. The summed E-state index contributed by atoms with van der Waals surface area (Å²) in [6.45, 7) is 0. The van der Waals surface area contributed by atoms with Crippen molar-refractivity contribution in [2.45, 2.75) is 6.18 Å². The van der Waals surface area contributed by atoms with E-state index in [1.165, 1.54) is 12.4 Å². The fourth-order valence-electron chi connectivity index (χ4n) is 1.20. The number of anilines is 1. The number of alkyl halides is 3. The monoisotopic (exact) mass is 307 g/mol. The average molecular weight is 308 g/mol. The molecule has 2 heterocycles. The molecule has 0 aromatic carbocycles. The van der Waals surface area contributed by atoms with Crippen LogP contribution in [0.1, 0.15) is 15.4 Å². The zero-order valence-corrected chi connectivity index (χ0v) is 10.6. The summed E-state index contributed by atoms with van der Waals surface area (Å²) >= 11 is 6.07. The minimum Gasteiger partial charge on any atom is -0.312 e. The van der Waals surface area contributed by atoms with Gasteiger partial charge in [-0.15, -0.1) is 11.3 Å². The smallest absolute Gasteiger partial charge is 0.312 e. The molecule has 1 N–H and O–H groups in total. The van der Waals surface area contributed by atoms with E-state index in [1.54, 1.807) is 0 Å². The number of aromatic nitrogens is 2. The van der Waals surface area contributed by atoms with Crippen molar-refractivity contribution in [3.63, 3.8) is 0 Å². The highest BCUT2D eigenvalue weighted by atomic mass is 35.5. The van der Waals surface area contributed by atoms with Crippen LogP contribution in [-0.2, 0) is 6.18 Å². The standard InChI is InChI=1S/C10H5ClF3N3OS/c11-8-7(15-3-4-16-8)9(18)17-6-2-1-5(19-6)10(12,13)14/h1-4H,(H,17,18). The first-order chi connectivity index (χ1) is 8.88. The number of thiophene rings is 1. The molecule has 2 rings (SSSR count). The summed E-state index contributed by atoms with van der Waals surface area (Å²) < 4.78 is 37.1. The van der Waals surface area contributed by atoms with Gasteiger partial charge in [-0.3, -0.25) is 4.79 Å². The summed E-state index contributed by atoms with van der Waals surface area (Å²) in [6, 6.07) is 2.05. The molecule has 0 saturated carbocycles. The second-order valence-electron chi connectivity index (χ2n) is 3.31. The second-order valence-corrected chi connectivity index (χ2v) is 4.75. The molecule has 0 fully saturated rings. The van der Waals surface area contributed by atoms with Crippen LogP contribution in [-0.4, -0.2) is 15.9 Å². The SMILES string of the molecule is O=C(Nc1ccc(C(F)(F)F)s1)c1nccnc1Cl. The molecule has 0 aliphatic heterocycles. The van der Waals surface area contributed by atoms with Gasteiger partial charge in [0, 0.05) is 12.4 Å². The molecule has 100 valence electrons. The van der Waals surface area contributed by atoms with Gasteiger partial charge < -0.3 is 5.32 Å². The summed E-state index contributed by atoms with van der Waals surface area (Å²) in [6.07, 6.45) is -1.87. The normalized spacial score (nSPS) is 11.4. The Balaban J connectivity index is 2.16. The quantitative estimate of drug-likeness (QED) is 0.924. The number of halogens is 4. The van der Waals surface area contributed by atoms with Gasteiger partial charge in [0.25, 0.3) is 5.91 Å². The maximum atomic E-state index is 12.4. The largest absolute Gasteiger partial charge is 0.425 e. The lowest BCUT2D eigenvalue weighted by Crippen LogP contribution is -2.13. The number of hydrogen-bond donors (Lipinski definition) is 1. The van der Waals surface area contributed by atoms with E-state index < -0.39 is 17.0 Å². The topological polar surface area (TPSA) is 54.9 Å². The molecule has 0 atom stereocenters. The lowest BCUT2D eigenvalue weighted by Gasteiger charge is -2.03. The van der Waals surface area contributed by atoms with Gasteiger partial charge in [-0.1, -0.05) is 11.6 Å². The number of nitrogens with one attached hydrogen (secondary N) is 1. The van der Waals surface area contributed by atoms with E-state index in [4.69, 9.17) is 11.6 Å². The molecule has 0 aliphatic rings. The maximum absolute atomic E-state index is 12.4. The Kier molecular flexibility index (Phi) is 3.72. The average Bonchev–Trinajstić information content (AvgIpc) is 2.77. The third kappa shape index (κ3) is 3.21. The molecule has 2 aromatic heterocycles. The molecular formula is C10H5ClF3N3OS. The first-order valence-corrected chi connectivity index (χ1v) is 6.02. The lowest BCUT2D eigenvalue weighted by molar-refractivity contribution is -0.134. The van der Waals surface area contributed by atoms with E-state index >= 15 is 0 Å². The Morgan fingerprint density at radius 1 is 1.26 bits per heavy atom. The number of carbonyl (C=O) groups is 1. The van der Waals surface area contributed by atoms with Crippen LogP contribution in [0.5, 0.6) is 0 Å². The van der Waals surface area contributed by atoms with Crippen molar-refractivity contribution in [3.8, 4) is 0 Å². The number of rotatable bonds is 2. The fourth-order valence-corrected chi connectivity index (χ4v) is 2.16. The summed E-state index contributed by atoms with van der Waals surface area (Å²) in [4.78, 5) is 18.3. The first-order valence-electron chi connectivity index (χ1n) is 4.83. The molecule has 0 radical (unpaired) electrons. The van der Waals surface area contributed by atoms with Crippen LogP contribution < -0.4 is 5.32 Å². The molecule has 0 spiro atoms. The lowest BCUT2D eigenvalue weighted by atomic mass is 10.4. The summed E-state index contributed by atoms with van der Waals surface area (Å²) in [5.74, 6) is -0.714. The van der Waals surface area contributed by atoms with Gasteiger partial charge in [0.05, 0.1) is 5.00 Å². The minimum absolute atomic E-state index is 0.0547. The van der Waals surface area contributed by atoms with Crippen molar-refractivity contribution >= 4 is 33.8 Å². The predicted octanol–water partition coefficient (Wildman–Crippen LogP) is 3.46. The van der Waals surface area contributed by atoms with Gasteiger partial charge in [-0.2, -0.15) is 13.2 Å². The summed E-state index contributed by atoms with van der Waals surface area (Å²) in [5.41, 5.74) is -0.147. The number of carbonyl (C=O) groups excluding carboxylic acids is 1. The third-order valence-corrected chi connectivity index (χ3v) is 3.31. The van der Waals surface area contributed by atoms with Crippen molar-refractivity contribution in [1.29, 1.82) is 0 Å². The molecule has 1 amide bonds. The van der Waals surface area contributed by atoms with Gasteiger partial charge in [0.2, 0.25) is 0 Å². The molecule has 0 bridgehead atoms. The van der Waals surface area contributed by atoms with Crippen molar-refractivity contribution in [1.82, 2.24) is 9.97 Å². The van der Waals surface area contributed by atoms with Crippen LogP contribution >= 0.6 is 22.9 Å². The van der Waals surface area contributed by atoms with E-state index in [1.807, 2.05) is 0 Å². The molecule has 4 nitrogen and oxygen atoms in total. The number of nitrogens with zero attached hydrogens (tertiary/aromatic N) is 2. The molecule has 0 aliphatic carbocycles. The van der Waals surface area contributed by atoms with Crippen LogP contribution in [0.2, 0.25) is 5.15 Å². The Hall–Kier alpha value is -1.67. The van der Waals surface area contributed by atoms with Gasteiger partial charge in [-0.05, 0) is 12.1 Å². The zero-order valence-electron chi connectivity index (χ0n) is 9.03. The molecule has 0 saturated heterocycles. The predicted molar refractivity (Wildman–Crippen MR) is 64.3 cm³/mol. The molecular weight excluding hydrogens is 303 g/mol. The molecule has 0 unspecified atom stereocenters. The Morgan fingerprint density at radius 2 is 1.95 bits per heavy atom. The fraction of sp³-hybridized carbons (Fsp3) is 0.100. The molecule has 19 heavy (non-hydrogen) atoms. The third-order valence-electron chi connectivity index (χ3n) is 1.99. The van der Waals surface area contributed by atoms with E-state index in [0.717, 1.165) is 12.1 Å². The van der Waals surface area contributed by atoms with Crippen molar-refractivity contribution in [3.05, 3.63) is 40.3 Å². The van der Waals surface area contributed by atoms with Crippen molar-refractivity contribution in [2.24, 2.45) is 0 Å². The van der Waals surface area contributed by atoms with Crippen LogP contribution in [0.3, 0.4) is 0 Å². The van der Waals surface area contributed by atoms with Crippen LogP contribution in [0, 0.1) is 0 Å². The van der Waals surface area contributed by atoms with Crippen LogP contribution in [0.15, 0.2) is 24.5 Å². The summed E-state index contributed by atoms with van der Waals surface area (Å²) in [5, 5.41) is 2.22. The van der Waals surface area contributed by atoms with E-state index in [0.29, 0.717) is 11.3 Å². The number of hydrogen-bond acceptors (Lipinski definition) is 4. The Bertz CT molecular complexity index is 614. The van der Waals surface area contributed by atoms with Gasteiger partial charge >= 0.3 is 6.18 Å².